The highest BCUT2D eigenvalue weighted by Crippen LogP contribution is 2.20. The number of hydrogen-bond donors (Lipinski definition) is 0. The molecule has 2 rings (SSSR count). The van der Waals surface area contributed by atoms with E-state index in [1.54, 1.807) is 12.1 Å². The number of nitro benzene ring substituents is 1. The van der Waals surface area contributed by atoms with Gasteiger partial charge >= 0.3 is 6.16 Å². The predicted molar refractivity (Wildman–Crippen MR) is 75.7 cm³/mol. The first-order valence-electron chi connectivity index (χ1n) is 6.17. The number of carbonyl (C=O) groups is 1. The van der Waals surface area contributed by atoms with E-state index >= 15 is 0 Å². The topological polar surface area (TPSA) is 78.7 Å². The van der Waals surface area contributed by atoms with Crippen LogP contribution in [0.5, 0.6) is 11.5 Å². The molecule has 0 fully saturated rings. The third-order valence-corrected chi connectivity index (χ3v) is 2.93. The van der Waals surface area contributed by atoms with Gasteiger partial charge in [-0.1, -0.05) is 6.07 Å². The Morgan fingerprint density at radius 3 is 2.10 bits per heavy atom. The van der Waals surface area contributed by atoms with Crippen molar-refractivity contribution in [2.24, 2.45) is 0 Å². The van der Waals surface area contributed by atoms with Gasteiger partial charge in [-0.15, -0.1) is 0 Å². The lowest BCUT2D eigenvalue weighted by Crippen LogP contribution is -2.13. The molecule has 0 N–H and O–H groups in total. The molecule has 0 aromatic heterocycles. The van der Waals surface area contributed by atoms with Crippen LogP contribution in [0.2, 0.25) is 0 Å². The first kappa shape index (κ1) is 14.5. The predicted octanol–water partition coefficient (Wildman–Crippen LogP) is 3.79. The minimum atomic E-state index is -0.896. The van der Waals surface area contributed by atoms with Gasteiger partial charge in [-0.25, -0.2) is 4.79 Å². The zero-order valence-electron chi connectivity index (χ0n) is 11.5. The molecular weight excluding hydrogens is 274 g/mol. The van der Waals surface area contributed by atoms with Crippen LogP contribution in [0.3, 0.4) is 0 Å². The maximum Gasteiger partial charge on any atom is 0.519 e. The molecule has 0 aliphatic heterocycles. The van der Waals surface area contributed by atoms with Gasteiger partial charge in [0, 0.05) is 12.1 Å². The quantitative estimate of drug-likeness (QED) is 0.371. The van der Waals surface area contributed by atoms with Crippen molar-refractivity contribution in [3.05, 3.63) is 63.7 Å². The average molecular weight is 287 g/mol. The minimum Gasteiger partial charge on any atom is -0.395 e. The van der Waals surface area contributed by atoms with E-state index in [0.717, 1.165) is 11.1 Å². The highest BCUT2D eigenvalue weighted by atomic mass is 16.7. The first-order valence-corrected chi connectivity index (χ1v) is 6.17. The highest BCUT2D eigenvalue weighted by Gasteiger charge is 2.10. The highest BCUT2D eigenvalue weighted by molar-refractivity contribution is 5.67. The van der Waals surface area contributed by atoms with Crippen LogP contribution in [-0.2, 0) is 0 Å². The molecule has 0 bridgehead atoms. The van der Waals surface area contributed by atoms with E-state index in [0.29, 0.717) is 5.75 Å². The molecule has 0 saturated carbocycles. The average Bonchev–Trinajstić information content (AvgIpc) is 2.43. The number of benzene rings is 2. The summed E-state index contributed by atoms with van der Waals surface area (Å²) in [7, 11) is 0. The summed E-state index contributed by atoms with van der Waals surface area (Å²) >= 11 is 0. The third-order valence-electron chi connectivity index (χ3n) is 2.93. The van der Waals surface area contributed by atoms with Crippen molar-refractivity contribution in [1.82, 2.24) is 0 Å². The first-order chi connectivity index (χ1) is 9.95. The van der Waals surface area contributed by atoms with Crippen LogP contribution in [-0.4, -0.2) is 11.1 Å². The van der Waals surface area contributed by atoms with Crippen LogP contribution in [0, 0.1) is 24.0 Å². The number of hydrogen-bond acceptors (Lipinski definition) is 5. The Balaban J connectivity index is 2.01. The minimum absolute atomic E-state index is 0.0788. The van der Waals surface area contributed by atoms with Gasteiger partial charge in [-0.3, -0.25) is 10.1 Å². The van der Waals surface area contributed by atoms with Crippen LogP contribution in [0.25, 0.3) is 0 Å². The molecule has 0 spiro atoms. The maximum absolute atomic E-state index is 11.6. The van der Waals surface area contributed by atoms with Gasteiger partial charge in [0.1, 0.15) is 11.5 Å². The fourth-order valence-corrected chi connectivity index (χ4v) is 1.63. The van der Waals surface area contributed by atoms with Crippen molar-refractivity contribution in [1.29, 1.82) is 0 Å². The number of aryl methyl sites for hydroxylation is 2. The summed E-state index contributed by atoms with van der Waals surface area (Å²) in [5.74, 6) is 0.555. The van der Waals surface area contributed by atoms with E-state index in [4.69, 9.17) is 9.47 Å². The summed E-state index contributed by atoms with van der Waals surface area (Å²) < 4.78 is 9.98. The van der Waals surface area contributed by atoms with Crippen molar-refractivity contribution in [3.8, 4) is 11.5 Å². The number of rotatable bonds is 3. The summed E-state index contributed by atoms with van der Waals surface area (Å²) in [6.07, 6.45) is -0.896. The second-order valence-electron chi connectivity index (χ2n) is 4.45. The third kappa shape index (κ3) is 3.79. The van der Waals surface area contributed by atoms with Crippen molar-refractivity contribution in [2.45, 2.75) is 13.8 Å². The molecule has 21 heavy (non-hydrogen) atoms. The summed E-state index contributed by atoms with van der Waals surface area (Å²) in [4.78, 5) is 21.6. The maximum atomic E-state index is 11.6. The lowest BCUT2D eigenvalue weighted by Gasteiger charge is -2.07. The second-order valence-corrected chi connectivity index (χ2v) is 4.45. The zero-order chi connectivity index (χ0) is 15.4. The molecule has 108 valence electrons. The Morgan fingerprint density at radius 1 is 0.952 bits per heavy atom. The van der Waals surface area contributed by atoms with Crippen LogP contribution >= 0.6 is 0 Å². The van der Waals surface area contributed by atoms with E-state index in [1.807, 2.05) is 19.9 Å². The molecule has 0 aliphatic rings. The van der Waals surface area contributed by atoms with E-state index in [9.17, 15) is 14.9 Å². The molecule has 2 aromatic carbocycles. The Hall–Kier alpha value is -2.89. The number of carbonyl (C=O) groups excluding carboxylic acids is 1. The van der Waals surface area contributed by atoms with Crippen LogP contribution in [0.1, 0.15) is 11.1 Å². The van der Waals surface area contributed by atoms with E-state index in [-0.39, 0.29) is 11.4 Å². The molecule has 0 saturated heterocycles. The molecule has 6 heteroatoms. The molecule has 0 aliphatic carbocycles. The van der Waals surface area contributed by atoms with Gasteiger partial charge in [0.2, 0.25) is 0 Å². The molecule has 6 nitrogen and oxygen atoms in total. The van der Waals surface area contributed by atoms with E-state index < -0.39 is 11.1 Å². The summed E-state index contributed by atoms with van der Waals surface area (Å²) in [6, 6.07) is 10.4. The normalized spacial score (nSPS) is 10.0. The summed E-state index contributed by atoms with van der Waals surface area (Å²) in [6.45, 7) is 3.86. The van der Waals surface area contributed by atoms with Crippen molar-refractivity contribution < 1.29 is 19.2 Å². The molecule has 0 radical (unpaired) electrons. The molecular formula is C15H13NO5. The SMILES string of the molecule is Cc1ccc(OC(=O)Oc2ccc([N+](=O)[O-])cc2)cc1C. The monoisotopic (exact) mass is 287 g/mol. The summed E-state index contributed by atoms with van der Waals surface area (Å²) in [5.41, 5.74) is 2.01. The van der Waals surface area contributed by atoms with Gasteiger partial charge in [-0.05, 0) is 49.2 Å². The van der Waals surface area contributed by atoms with Gasteiger partial charge in [0.05, 0.1) is 4.92 Å². The van der Waals surface area contributed by atoms with Crippen molar-refractivity contribution in [3.63, 3.8) is 0 Å². The molecule has 0 heterocycles. The smallest absolute Gasteiger partial charge is 0.395 e. The summed E-state index contributed by atoms with van der Waals surface area (Å²) in [5, 5.41) is 10.5. The lowest BCUT2D eigenvalue weighted by atomic mass is 10.1. The Bertz CT molecular complexity index is 679. The number of non-ortho nitro benzene ring substituents is 1. The van der Waals surface area contributed by atoms with E-state index in [1.165, 1.54) is 24.3 Å². The standard InChI is InChI=1S/C15H13NO5/c1-10-3-6-14(9-11(10)2)21-15(17)20-13-7-4-12(5-8-13)16(18)19/h3-9H,1-2H3. The number of nitro groups is 1. The molecule has 0 unspecified atom stereocenters. The molecule has 0 amide bonds. The Kier molecular flexibility index (Phi) is 4.18. The molecule has 0 atom stereocenters. The number of nitrogens with zero attached hydrogens (tertiary/aromatic N) is 1. The van der Waals surface area contributed by atoms with E-state index in [2.05, 4.69) is 0 Å². The Labute approximate surface area is 121 Å². The van der Waals surface area contributed by atoms with Gasteiger partial charge < -0.3 is 9.47 Å². The van der Waals surface area contributed by atoms with Crippen LogP contribution in [0.4, 0.5) is 10.5 Å². The Morgan fingerprint density at radius 2 is 1.52 bits per heavy atom. The van der Waals surface area contributed by atoms with Gasteiger partial charge in [0.25, 0.3) is 5.69 Å². The lowest BCUT2D eigenvalue weighted by molar-refractivity contribution is -0.384. The second kappa shape index (κ2) is 6.04. The number of ether oxygens (including phenoxy) is 2. The van der Waals surface area contributed by atoms with Gasteiger partial charge in [-0.2, -0.15) is 0 Å². The van der Waals surface area contributed by atoms with Gasteiger partial charge in [0.15, 0.2) is 0 Å². The van der Waals surface area contributed by atoms with Crippen LogP contribution in [0.15, 0.2) is 42.5 Å². The zero-order valence-corrected chi connectivity index (χ0v) is 11.5. The fourth-order valence-electron chi connectivity index (χ4n) is 1.63. The van der Waals surface area contributed by atoms with Crippen LogP contribution < -0.4 is 9.47 Å². The largest absolute Gasteiger partial charge is 0.519 e. The van der Waals surface area contributed by atoms with Crippen molar-refractivity contribution in [2.75, 3.05) is 0 Å². The molecule has 2 aromatic rings. The fraction of sp³-hybridized carbons (Fsp3) is 0.133. The van der Waals surface area contributed by atoms with Crippen molar-refractivity contribution >= 4 is 11.8 Å².